The lowest BCUT2D eigenvalue weighted by Crippen LogP contribution is -2.74. The minimum absolute atomic E-state index is 0.0220. The highest BCUT2D eigenvalue weighted by atomic mass is 19.1. The number of alkyl halides is 1. The van der Waals surface area contributed by atoms with Crippen LogP contribution in [0.25, 0.3) is 0 Å². The van der Waals surface area contributed by atoms with E-state index in [0.29, 0.717) is 24.4 Å². The molecule has 7 aliphatic rings. The summed E-state index contributed by atoms with van der Waals surface area (Å²) in [5.41, 5.74) is 0.214. The fraction of sp³-hybridized carbons (Fsp3) is 0.882. The Hall–Kier alpha value is -1.59. The number of carbonyl (C=O) groups excluding carboxylic acids is 2. The summed E-state index contributed by atoms with van der Waals surface area (Å²) in [6.07, 6.45) is 11.8. The first-order valence-electron chi connectivity index (χ1n) is 17.8. The Morgan fingerprint density at radius 2 is 1.86 bits per heavy atom. The van der Waals surface area contributed by atoms with Crippen molar-refractivity contribution in [3.05, 3.63) is 11.8 Å². The molecule has 0 aromatic carbocycles. The lowest BCUT2D eigenvalue weighted by atomic mass is 9.64. The molecule has 3 aliphatic carbocycles. The molecule has 2 N–H and O–H groups in total. The maximum atomic E-state index is 16.2. The van der Waals surface area contributed by atoms with Gasteiger partial charge < -0.3 is 29.9 Å². The molecule has 0 spiro atoms. The maximum Gasteiger partial charge on any atom is 0.256 e. The van der Waals surface area contributed by atoms with Crippen molar-refractivity contribution >= 4 is 11.7 Å². The molecule has 3 saturated carbocycles. The van der Waals surface area contributed by atoms with Gasteiger partial charge in [-0.15, -0.1) is 0 Å². The van der Waals surface area contributed by atoms with Crippen molar-refractivity contribution in [1.82, 2.24) is 25.3 Å². The molecule has 7 rings (SSSR count). The number of ketones is 1. The predicted octanol–water partition coefficient (Wildman–Crippen LogP) is 2.50. The van der Waals surface area contributed by atoms with Crippen LogP contribution in [0.2, 0.25) is 0 Å². The van der Waals surface area contributed by atoms with Crippen LogP contribution >= 0.6 is 0 Å². The van der Waals surface area contributed by atoms with Crippen LogP contribution in [0.15, 0.2) is 11.8 Å². The van der Waals surface area contributed by atoms with Crippen molar-refractivity contribution in [2.24, 2.45) is 17.8 Å². The number of carbonyl (C=O) groups is 2. The first kappa shape index (κ1) is 31.0. The van der Waals surface area contributed by atoms with Gasteiger partial charge in [0.25, 0.3) is 5.91 Å². The molecule has 10 atom stereocenters. The molecule has 9 nitrogen and oxygen atoms in total. The third-order valence-corrected chi connectivity index (χ3v) is 12.3. The van der Waals surface area contributed by atoms with Crippen molar-refractivity contribution in [3.63, 3.8) is 0 Å². The van der Waals surface area contributed by atoms with Crippen LogP contribution in [-0.4, -0.2) is 128 Å². The number of hydrogen-bond acceptors (Lipinski definition) is 8. The van der Waals surface area contributed by atoms with Gasteiger partial charge in [-0.2, -0.15) is 0 Å². The molecule has 246 valence electrons. The fourth-order valence-corrected chi connectivity index (χ4v) is 9.95. The van der Waals surface area contributed by atoms with Gasteiger partial charge in [-0.25, -0.2) is 4.39 Å². The number of fused-ring (bicyclic) bond motifs is 4. The summed E-state index contributed by atoms with van der Waals surface area (Å²) in [5.74, 6) is 0.0640. The van der Waals surface area contributed by atoms with Gasteiger partial charge >= 0.3 is 0 Å². The Labute approximate surface area is 262 Å². The van der Waals surface area contributed by atoms with Gasteiger partial charge in [-0.05, 0) is 89.9 Å². The van der Waals surface area contributed by atoms with Crippen LogP contribution in [-0.2, 0) is 19.1 Å². The fourth-order valence-electron chi connectivity index (χ4n) is 9.95. The summed E-state index contributed by atoms with van der Waals surface area (Å²) >= 11 is 0. The van der Waals surface area contributed by atoms with Gasteiger partial charge in [0.1, 0.15) is 6.17 Å². The second-order valence-corrected chi connectivity index (χ2v) is 14.7. The highest BCUT2D eigenvalue weighted by molar-refractivity contribution is 6.20. The average molecular weight is 616 g/mol. The molecule has 0 radical (unpaired) electrons. The van der Waals surface area contributed by atoms with E-state index in [0.717, 1.165) is 71.6 Å². The third kappa shape index (κ3) is 6.10. The number of halogens is 1. The smallest absolute Gasteiger partial charge is 0.256 e. The summed E-state index contributed by atoms with van der Waals surface area (Å²) < 4.78 is 28.7. The molecule has 0 bridgehead atoms. The van der Waals surface area contributed by atoms with Crippen LogP contribution in [0.4, 0.5) is 4.39 Å². The van der Waals surface area contributed by atoms with E-state index in [1.54, 1.807) is 0 Å². The number of Topliss-reactive ketones (excluding diaryl/α,β-unsaturated/α-hetero) is 1. The summed E-state index contributed by atoms with van der Waals surface area (Å²) in [5, 5.41) is 6.64. The number of rotatable bonds is 9. The van der Waals surface area contributed by atoms with Crippen LogP contribution in [0.5, 0.6) is 0 Å². The maximum absolute atomic E-state index is 16.2. The summed E-state index contributed by atoms with van der Waals surface area (Å²) in [6, 6.07) is 0.0207. The minimum Gasteiger partial charge on any atom is -0.379 e. The second-order valence-electron chi connectivity index (χ2n) is 14.7. The quantitative estimate of drug-likeness (QED) is 0.303. The zero-order chi connectivity index (χ0) is 30.2. The molecule has 0 aromatic heterocycles. The zero-order valence-corrected chi connectivity index (χ0v) is 26.6. The van der Waals surface area contributed by atoms with Crippen molar-refractivity contribution in [1.29, 1.82) is 0 Å². The SMILES string of the molecule is CN1CCCC1CCNC1C(F)CC2C(=O)C(C(=O)NCCCN3CCOCC3)=CN3C4CCC5CCCCC5C4OC1C23. The Bertz CT molecular complexity index is 1070. The van der Waals surface area contributed by atoms with Crippen molar-refractivity contribution in [3.8, 4) is 0 Å². The second kappa shape index (κ2) is 13.6. The number of likely N-dealkylation sites (tertiary alicyclic amines) is 1. The molecule has 3 saturated heterocycles. The number of amides is 1. The van der Waals surface area contributed by atoms with E-state index in [4.69, 9.17) is 9.47 Å². The van der Waals surface area contributed by atoms with Crippen LogP contribution in [0, 0.1) is 17.8 Å². The van der Waals surface area contributed by atoms with E-state index in [-0.39, 0.29) is 41.9 Å². The zero-order valence-electron chi connectivity index (χ0n) is 26.6. The van der Waals surface area contributed by atoms with Crippen LogP contribution in [0.3, 0.4) is 0 Å². The monoisotopic (exact) mass is 615 g/mol. The average Bonchev–Trinajstić information content (AvgIpc) is 3.46. The predicted molar refractivity (Wildman–Crippen MR) is 166 cm³/mol. The molecular weight excluding hydrogens is 561 g/mol. The lowest BCUT2D eigenvalue weighted by Gasteiger charge is -2.61. The number of morpholine rings is 2. The molecule has 10 unspecified atom stereocenters. The van der Waals surface area contributed by atoms with E-state index < -0.39 is 24.2 Å². The number of ether oxygens (including phenoxy) is 2. The minimum atomic E-state index is -1.19. The first-order chi connectivity index (χ1) is 21.5. The summed E-state index contributed by atoms with van der Waals surface area (Å²) in [4.78, 5) is 34.6. The number of nitrogens with one attached hydrogen (secondary N) is 2. The third-order valence-electron chi connectivity index (χ3n) is 12.3. The molecule has 4 aliphatic heterocycles. The Balaban J connectivity index is 1.09. The molecule has 10 heteroatoms. The highest BCUT2D eigenvalue weighted by Gasteiger charge is 2.60. The normalized spacial score (nSPS) is 41.0. The number of hydrogen-bond donors (Lipinski definition) is 2. The van der Waals surface area contributed by atoms with Gasteiger partial charge in [-0.1, -0.05) is 19.3 Å². The van der Waals surface area contributed by atoms with Gasteiger partial charge in [0.2, 0.25) is 0 Å². The van der Waals surface area contributed by atoms with E-state index in [2.05, 4.69) is 32.4 Å². The topological polar surface area (TPSA) is 86.4 Å². The lowest BCUT2D eigenvalue weighted by molar-refractivity contribution is -0.220. The Morgan fingerprint density at radius 1 is 1.02 bits per heavy atom. The van der Waals surface area contributed by atoms with Crippen molar-refractivity contribution < 1.29 is 23.5 Å². The van der Waals surface area contributed by atoms with E-state index >= 15 is 4.39 Å². The molecule has 0 aromatic rings. The summed E-state index contributed by atoms with van der Waals surface area (Å²) in [6.45, 7) is 6.64. The molecular formula is C34H54FN5O4. The molecule has 44 heavy (non-hydrogen) atoms. The molecule has 6 fully saturated rings. The summed E-state index contributed by atoms with van der Waals surface area (Å²) in [7, 11) is 2.19. The van der Waals surface area contributed by atoms with Gasteiger partial charge in [0.15, 0.2) is 5.78 Å². The number of nitrogens with zero attached hydrogens (tertiary/aromatic N) is 3. The van der Waals surface area contributed by atoms with Crippen LogP contribution in [0.1, 0.15) is 70.6 Å². The molecule has 1 amide bonds. The van der Waals surface area contributed by atoms with Gasteiger partial charge in [0.05, 0.1) is 49.1 Å². The van der Waals surface area contributed by atoms with Gasteiger partial charge in [-0.3, -0.25) is 14.5 Å². The van der Waals surface area contributed by atoms with Crippen molar-refractivity contribution in [2.45, 2.75) is 113 Å². The van der Waals surface area contributed by atoms with Crippen LogP contribution < -0.4 is 10.6 Å². The first-order valence-corrected chi connectivity index (χ1v) is 17.8. The van der Waals surface area contributed by atoms with E-state index in [1.807, 2.05) is 6.20 Å². The van der Waals surface area contributed by atoms with E-state index in [9.17, 15) is 9.59 Å². The largest absolute Gasteiger partial charge is 0.379 e. The Kier molecular flexibility index (Phi) is 9.62. The highest BCUT2D eigenvalue weighted by Crippen LogP contribution is 2.50. The molecule has 4 heterocycles. The van der Waals surface area contributed by atoms with Gasteiger partial charge in [0, 0.05) is 37.8 Å². The standard InChI is InChI=1S/C34H54FN5O4/c1-38-14-4-7-23(38)11-13-36-29-27(35)20-25-30-33(29)44-32-24-8-3-2-6-22(24)9-10-28(32)40(30)21-26(31(25)41)34(42)37-12-5-15-39-16-18-43-19-17-39/h21-25,27-30,32-33,36H,2-20H2,1H3,(H,37,42). The van der Waals surface area contributed by atoms with Crippen molar-refractivity contribution in [2.75, 3.05) is 59.5 Å². The Morgan fingerprint density at radius 3 is 2.68 bits per heavy atom. The van der Waals surface area contributed by atoms with E-state index in [1.165, 1.54) is 38.5 Å².